The van der Waals surface area contributed by atoms with E-state index in [4.69, 9.17) is 14.2 Å². The molecule has 0 saturated carbocycles. The number of rotatable bonds is 21. The third-order valence-corrected chi connectivity index (χ3v) is 7.80. The van der Waals surface area contributed by atoms with E-state index in [2.05, 4.69) is 41.2 Å². The Morgan fingerprint density at radius 1 is 0.880 bits per heavy atom. The van der Waals surface area contributed by atoms with Gasteiger partial charge in [0, 0.05) is 56.4 Å². The number of alkyl halides is 3. The Morgan fingerprint density at radius 2 is 1.48 bits per heavy atom. The van der Waals surface area contributed by atoms with Crippen molar-refractivity contribution in [2.75, 3.05) is 81.0 Å². The van der Waals surface area contributed by atoms with Crippen molar-refractivity contribution in [2.24, 2.45) is 0 Å². The summed E-state index contributed by atoms with van der Waals surface area (Å²) in [5.41, 5.74) is -0.344. The lowest BCUT2D eigenvalue weighted by Gasteiger charge is -2.19. The first-order valence-corrected chi connectivity index (χ1v) is 17.2. The molecule has 0 aliphatic carbocycles. The Morgan fingerprint density at radius 3 is 2.08 bits per heavy atom. The van der Waals surface area contributed by atoms with Gasteiger partial charge >= 0.3 is 6.18 Å². The monoisotopic (exact) mass is 727 g/mol. The summed E-state index contributed by atoms with van der Waals surface area (Å²) >= 11 is 0. The highest BCUT2D eigenvalue weighted by molar-refractivity contribution is 7.92. The van der Waals surface area contributed by atoms with Crippen LogP contribution in [0.15, 0.2) is 42.9 Å². The molecule has 16 nitrogen and oxygen atoms in total. The van der Waals surface area contributed by atoms with E-state index in [0.717, 1.165) is 10.6 Å². The number of sulfonamides is 1. The van der Waals surface area contributed by atoms with E-state index >= 15 is 0 Å². The second-order valence-electron chi connectivity index (χ2n) is 10.4. The van der Waals surface area contributed by atoms with E-state index in [9.17, 15) is 31.2 Å². The van der Waals surface area contributed by atoms with Gasteiger partial charge in [0.2, 0.25) is 21.9 Å². The van der Waals surface area contributed by atoms with Gasteiger partial charge in [0.25, 0.3) is 5.91 Å². The van der Waals surface area contributed by atoms with Crippen LogP contribution in [0.4, 0.5) is 36.4 Å². The second-order valence-corrected chi connectivity index (χ2v) is 12.4. The predicted molar refractivity (Wildman–Crippen MR) is 177 cm³/mol. The van der Waals surface area contributed by atoms with E-state index in [1.54, 1.807) is 6.92 Å². The van der Waals surface area contributed by atoms with E-state index in [0.29, 0.717) is 63.4 Å². The number of halogens is 3. The maximum Gasteiger partial charge on any atom is 0.421 e. The van der Waals surface area contributed by atoms with Gasteiger partial charge in [-0.05, 0) is 24.3 Å². The highest BCUT2D eigenvalue weighted by Crippen LogP contribution is 2.34. The first kappa shape index (κ1) is 39.8. The molecule has 0 fully saturated rings. The fourth-order valence-corrected chi connectivity index (χ4v) is 4.42. The van der Waals surface area contributed by atoms with Crippen molar-refractivity contribution >= 4 is 45.1 Å². The Balaban J connectivity index is 1.45. The molecule has 1 aromatic carbocycles. The van der Waals surface area contributed by atoms with Crippen molar-refractivity contribution < 1.29 is 45.4 Å². The Labute approximate surface area is 287 Å². The lowest BCUT2D eigenvalue weighted by atomic mass is 10.2. The van der Waals surface area contributed by atoms with E-state index < -0.39 is 27.6 Å². The average Bonchev–Trinajstić information content (AvgIpc) is 3.08. The van der Waals surface area contributed by atoms with Crippen LogP contribution < -0.4 is 25.6 Å². The van der Waals surface area contributed by atoms with Crippen molar-refractivity contribution in [1.82, 2.24) is 30.6 Å². The van der Waals surface area contributed by atoms with Crippen LogP contribution >= 0.6 is 0 Å². The van der Waals surface area contributed by atoms with Crippen LogP contribution in [-0.4, -0.2) is 106 Å². The van der Waals surface area contributed by atoms with Crippen LogP contribution in [-0.2, 0) is 41.7 Å². The molecule has 50 heavy (non-hydrogen) atoms. The summed E-state index contributed by atoms with van der Waals surface area (Å²) in [7, 11) is -2.47. The zero-order valence-corrected chi connectivity index (χ0v) is 28.6. The Bertz CT molecular complexity index is 1650. The van der Waals surface area contributed by atoms with Gasteiger partial charge in [0.05, 0.1) is 52.4 Å². The van der Waals surface area contributed by atoms with Crippen molar-refractivity contribution in [3.63, 3.8) is 0 Å². The Kier molecular flexibility index (Phi) is 15.5. The minimum atomic E-state index is -4.80. The van der Waals surface area contributed by atoms with Crippen LogP contribution in [0.5, 0.6) is 0 Å². The zero-order valence-electron chi connectivity index (χ0n) is 27.7. The molecular formula is C30H40F3N9O7S. The molecule has 0 aliphatic heterocycles. The van der Waals surface area contributed by atoms with Crippen molar-refractivity contribution in [3.8, 4) is 0 Å². The summed E-state index contributed by atoms with van der Waals surface area (Å²) in [6.45, 7) is 4.26. The molecule has 2 aromatic heterocycles. The normalized spacial score (nSPS) is 11.6. The predicted octanol–water partition coefficient (Wildman–Crippen LogP) is 2.34. The van der Waals surface area contributed by atoms with Gasteiger partial charge in [0.1, 0.15) is 17.1 Å². The van der Waals surface area contributed by atoms with Crippen molar-refractivity contribution in [2.45, 2.75) is 26.1 Å². The number of benzene rings is 1. The Hall–Kier alpha value is -4.66. The lowest BCUT2D eigenvalue weighted by Crippen LogP contribution is -2.27. The summed E-state index contributed by atoms with van der Waals surface area (Å²) in [4.78, 5) is 39.4. The zero-order chi connectivity index (χ0) is 36.6. The van der Waals surface area contributed by atoms with Gasteiger partial charge in [-0.25, -0.2) is 18.4 Å². The summed E-state index contributed by atoms with van der Waals surface area (Å²) in [5.74, 6) is -1.18. The van der Waals surface area contributed by atoms with Crippen LogP contribution in [0, 0.1) is 0 Å². The molecule has 0 radical (unpaired) electrons. The number of hydrogen-bond donors (Lipinski definition) is 4. The van der Waals surface area contributed by atoms with Gasteiger partial charge in [-0.2, -0.15) is 18.2 Å². The van der Waals surface area contributed by atoms with Gasteiger partial charge in [-0.1, -0.05) is 6.92 Å². The number of amides is 2. The lowest BCUT2D eigenvalue weighted by molar-refractivity contribution is -0.137. The van der Waals surface area contributed by atoms with Gasteiger partial charge in [-0.15, -0.1) is 0 Å². The molecule has 2 heterocycles. The molecule has 3 aromatic rings. The number of nitrogens with one attached hydrogen (secondary N) is 4. The molecule has 4 N–H and O–H groups in total. The topological polar surface area (TPSA) is 199 Å². The minimum Gasteiger partial charge on any atom is -0.377 e. The van der Waals surface area contributed by atoms with Crippen LogP contribution in [0.25, 0.3) is 0 Å². The number of carbonyl (C=O) groups excluding carboxylic acids is 2. The molecule has 0 bridgehead atoms. The van der Waals surface area contributed by atoms with E-state index in [-0.39, 0.29) is 49.0 Å². The second kappa shape index (κ2) is 19.5. The first-order valence-electron chi connectivity index (χ1n) is 15.4. The average molecular weight is 728 g/mol. The van der Waals surface area contributed by atoms with Crippen molar-refractivity contribution in [3.05, 3.63) is 59.7 Å². The highest BCUT2D eigenvalue weighted by Gasteiger charge is 2.35. The number of ether oxygens (including phenoxy) is 3. The SMILES string of the molecule is CCC(=O)NCCOCCOCCOCCNC(=O)c1ccc(Nc2ncc(C(F)(F)F)c(NCc3nccnc3N(C)S(C)(=O)=O)n2)cc1. The number of anilines is 4. The van der Waals surface area contributed by atoms with Crippen LogP contribution in [0.3, 0.4) is 0 Å². The molecule has 0 spiro atoms. The molecule has 0 aliphatic rings. The molecule has 20 heteroatoms. The number of aromatic nitrogens is 4. The highest BCUT2D eigenvalue weighted by atomic mass is 32.2. The number of hydrogen-bond acceptors (Lipinski definition) is 13. The van der Waals surface area contributed by atoms with Crippen molar-refractivity contribution in [1.29, 1.82) is 0 Å². The molecule has 274 valence electrons. The third-order valence-electron chi connectivity index (χ3n) is 6.63. The number of nitrogens with zero attached hydrogens (tertiary/aromatic N) is 5. The summed E-state index contributed by atoms with van der Waals surface area (Å²) in [6.07, 6.45) is -0.253. The first-order chi connectivity index (χ1) is 23.8. The summed E-state index contributed by atoms with van der Waals surface area (Å²) in [5, 5.41) is 10.8. The molecular weight excluding hydrogens is 687 g/mol. The van der Waals surface area contributed by atoms with Gasteiger partial charge in [0.15, 0.2) is 5.82 Å². The quantitative estimate of drug-likeness (QED) is 0.117. The minimum absolute atomic E-state index is 0.0275. The maximum atomic E-state index is 13.8. The van der Waals surface area contributed by atoms with Crippen LogP contribution in [0.1, 0.15) is 35.0 Å². The molecule has 0 saturated heterocycles. The van der Waals surface area contributed by atoms with Crippen LogP contribution in [0.2, 0.25) is 0 Å². The van der Waals surface area contributed by atoms with Gasteiger partial charge < -0.3 is 35.5 Å². The van der Waals surface area contributed by atoms with Gasteiger partial charge in [-0.3, -0.25) is 18.9 Å². The fraction of sp³-hybridized carbons (Fsp3) is 0.467. The summed E-state index contributed by atoms with van der Waals surface area (Å²) in [6, 6.07) is 6.11. The number of carbonyl (C=O) groups is 2. The molecule has 3 rings (SSSR count). The molecule has 0 unspecified atom stereocenters. The largest absolute Gasteiger partial charge is 0.421 e. The molecule has 2 amide bonds. The standard InChI is InChI=1S/C30H40F3N9O7S/c1-4-25(43)35-11-13-47-15-17-49-18-16-48-14-12-37-28(44)21-5-7-22(8-6-21)40-29-39-19-23(30(31,32)33)26(41-29)38-20-24-27(36-10-9-34-24)42(2)50(3,45)46/h5-10,19H,4,11-18,20H2,1-3H3,(H,35,43)(H,37,44)(H2,38,39,40,41). The third kappa shape index (κ3) is 13.3. The smallest absolute Gasteiger partial charge is 0.377 e. The van der Waals surface area contributed by atoms with E-state index in [1.165, 1.54) is 43.7 Å². The van der Waals surface area contributed by atoms with E-state index in [1.807, 2.05) is 0 Å². The fourth-order valence-electron chi connectivity index (χ4n) is 3.96. The maximum absolute atomic E-state index is 13.8. The summed E-state index contributed by atoms with van der Waals surface area (Å²) < 4.78 is 82.3. The molecule has 0 atom stereocenters.